The van der Waals surface area contributed by atoms with E-state index in [9.17, 15) is 8.78 Å². The second kappa shape index (κ2) is 5.02. The molecule has 0 atom stereocenters. The first-order chi connectivity index (χ1) is 9.67. The number of aromatic nitrogens is 2. The number of fused-ring (bicyclic) bond motifs is 1. The van der Waals surface area contributed by atoms with Gasteiger partial charge in [0.05, 0.1) is 11.0 Å². The van der Waals surface area contributed by atoms with Crippen LogP contribution in [0.25, 0.3) is 11.0 Å². The van der Waals surface area contributed by atoms with Crippen LogP contribution < -0.4 is 5.73 Å². The Morgan fingerprint density at radius 2 is 1.75 bits per heavy atom. The largest absolute Gasteiger partial charge is 0.342 e. The smallest absolute Gasteiger partial charge is 0.161 e. The Kier molecular flexibility index (Phi) is 3.20. The number of imidazole rings is 1. The number of benzene rings is 2. The van der Waals surface area contributed by atoms with Gasteiger partial charge in [-0.15, -0.1) is 0 Å². The quantitative estimate of drug-likeness (QED) is 0.771. The van der Waals surface area contributed by atoms with Crippen LogP contribution in [0.3, 0.4) is 0 Å². The van der Waals surface area contributed by atoms with Crippen LogP contribution in [0.5, 0.6) is 0 Å². The molecule has 3 N–H and O–H groups in total. The molecule has 1 heterocycles. The summed E-state index contributed by atoms with van der Waals surface area (Å²) in [5.41, 5.74) is 8.68. The number of H-pyrrole nitrogens is 1. The van der Waals surface area contributed by atoms with E-state index in [2.05, 4.69) is 9.97 Å². The molecule has 0 fully saturated rings. The van der Waals surface area contributed by atoms with Crippen molar-refractivity contribution in [1.29, 1.82) is 0 Å². The Hall–Kier alpha value is -2.27. The number of nitrogens with two attached hydrogens (primary N) is 1. The SMILES string of the molecule is NCc1ccccc1Cc1nc2cc(F)c(F)cc2[nH]1. The molecule has 0 aliphatic rings. The van der Waals surface area contributed by atoms with Crippen LogP contribution in [-0.2, 0) is 13.0 Å². The summed E-state index contributed by atoms with van der Waals surface area (Å²) in [5.74, 6) is -1.11. The molecule has 20 heavy (non-hydrogen) atoms. The number of nitrogens with zero attached hydrogens (tertiary/aromatic N) is 1. The zero-order chi connectivity index (χ0) is 14.1. The molecule has 0 saturated heterocycles. The maximum Gasteiger partial charge on any atom is 0.161 e. The lowest BCUT2D eigenvalue weighted by molar-refractivity contribution is 0.510. The van der Waals surface area contributed by atoms with Crippen molar-refractivity contribution in [1.82, 2.24) is 9.97 Å². The first kappa shape index (κ1) is 12.7. The fourth-order valence-electron chi connectivity index (χ4n) is 2.25. The van der Waals surface area contributed by atoms with Crippen LogP contribution in [0.1, 0.15) is 17.0 Å². The van der Waals surface area contributed by atoms with Gasteiger partial charge < -0.3 is 10.7 Å². The minimum atomic E-state index is -0.891. The number of halogens is 2. The molecule has 0 saturated carbocycles. The van der Waals surface area contributed by atoms with Crippen molar-refractivity contribution in [3.05, 3.63) is 65.0 Å². The first-order valence-electron chi connectivity index (χ1n) is 6.28. The highest BCUT2D eigenvalue weighted by atomic mass is 19.2. The summed E-state index contributed by atoms with van der Waals surface area (Å²) >= 11 is 0. The first-order valence-corrected chi connectivity index (χ1v) is 6.28. The summed E-state index contributed by atoms with van der Waals surface area (Å²) in [6.45, 7) is 0.444. The predicted molar refractivity (Wildman–Crippen MR) is 73.1 cm³/mol. The third-order valence-corrected chi connectivity index (χ3v) is 3.27. The van der Waals surface area contributed by atoms with Gasteiger partial charge in [-0.2, -0.15) is 0 Å². The van der Waals surface area contributed by atoms with Crippen molar-refractivity contribution in [2.24, 2.45) is 5.73 Å². The van der Waals surface area contributed by atoms with Gasteiger partial charge in [0.15, 0.2) is 11.6 Å². The average Bonchev–Trinajstić information content (AvgIpc) is 2.81. The zero-order valence-electron chi connectivity index (χ0n) is 10.7. The summed E-state index contributed by atoms with van der Waals surface area (Å²) < 4.78 is 26.3. The van der Waals surface area contributed by atoms with Crippen LogP contribution in [0.4, 0.5) is 8.78 Å². The monoisotopic (exact) mass is 273 g/mol. The van der Waals surface area contributed by atoms with Crippen molar-refractivity contribution in [2.75, 3.05) is 0 Å². The summed E-state index contributed by atoms with van der Waals surface area (Å²) in [7, 11) is 0. The standard InChI is InChI=1S/C15H13F2N3/c16-11-6-13-14(7-12(11)17)20-15(19-13)5-9-3-1-2-4-10(9)8-18/h1-4,6-7H,5,8,18H2,(H,19,20). The molecule has 0 spiro atoms. The van der Waals surface area contributed by atoms with E-state index in [1.165, 1.54) is 0 Å². The normalized spacial score (nSPS) is 11.2. The van der Waals surface area contributed by atoms with Crippen molar-refractivity contribution >= 4 is 11.0 Å². The Labute approximate surface area is 114 Å². The number of nitrogens with one attached hydrogen (secondary N) is 1. The lowest BCUT2D eigenvalue weighted by atomic mass is 10.0. The van der Waals surface area contributed by atoms with Crippen molar-refractivity contribution in [2.45, 2.75) is 13.0 Å². The third-order valence-electron chi connectivity index (χ3n) is 3.27. The van der Waals surface area contributed by atoms with Crippen molar-refractivity contribution in [3.8, 4) is 0 Å². The Balaban J connectivity index is 1.99. The van der Waals surface area contributed by atoms with Crippen molar-refractivity contribution < 1.29 is 8.78 Å². The van der Waals surface area contributed by atoms with E-state index in [1.54, 1.807) is 0 Å². The molecular weight excluding hydrogens is 260 g/mol. The predicted octanol–water partition coefficient (Wildman–Crippen LogP) is 2.89. The van der Waals surface area contributed by atoms with E-state index in [1.807, 2.05) is 24.3 Å². The molecule has 5 heteroatoms. The number of aromatic amines is 1. The summed E-state index contributed by atoms with van der Waals surface area (Å²) in [6, 6.07) is 9.99. The molecular formula is C15H13F2N3. The summed E-state index contributed by atoms with van der Waals surface area (Å²) in [6.07, 6.45) is 0.547. The molecule has 3 nitrogen and oxygen atoms in total. The van der Waals surface area contributed by atoms with Gasteiger partial charge in [0.1, 0.15) is 5.82 Å². The lowest BCUT2D eigenvalue weighted by Crippen LogP contribution is -2.02. The fourth-order valence-corrected chi connectivity index (χ4v) is 2.25. The molecule has 0 radical (unpaired) electrons. The van der Waals surface area contributed by atoms with E-state index < -0.39 is 11.6 Å². The van der Waals surface area contributed by atoms with Gasteiger partial charge in [0, 0.05) is 25.1 Å². The molecule has 3 rings (SSSR count). The van der Waals surface area contributed by atoms with Gasteiger partial charge in [-0.25, -0.2) is 13.8 Å². The van der Waals surface area contributed by atoms with Gasteiger partial charge in [-0.1, -0.05) is 24.3 Å². The number of rotatable bonds is 3. The van der Waals surface area contributed by atoms with Crippen molar-refractivity contribution in [3.63, 3.8) is 0 Å². The molecule has 3 aromatic rings. The molecule has 0 unspecified atom stereocenters. The Bertz CT molecular complexity index is 726. The highest BCUT2D eigenvalue weighted by molar-refractivity contribution is 5.75. The highest BCUT2D eigenvalue weighted by Crippen LogP contribution is 2.19. The molecule has 102 valence electrons. The van der Waals surface area contributed by atoms with E-state index in [4.69, 9.17) is 5.73 Å². The Morgan fingerprint density at radius 1 is 1.05 bits per heavy atom. The second-order valence-corrected chi connectivity index (χ2v) is 4.62. The molecule has 0 bridgehead atoms. The van der Waals surface area contributed by atoms with Crippen LogP contribution >= 0.6 is 0 Å². The number of hydrogen-bond acceptors (Lipinski definition) is 2. The fraction of sp³-hybridized carbons (Fsp3) is 0.133. The van der Waals surface area contributed by atoms with Gasteiger partial charge in [0.2, 0.25) is 0 Å². The minimum Gasteiger partial charge on any atom is -0.342 e. The topological polar surface area (TPSA) is 54.7 Å². The van der Waals surface area contributed by atoms with Crippen LogP contribution in [0.2, 0.25) is 0 Å². The van der Waals surface area contributed by atoms with E-state index >= 15 is 0 Å². The van der Waals surface area contributed by atoms with Gasteiger partial charge in [-0.3, -0.25) is 0 Å². The van der Waals surface area contributed by atoms with Gasteiger partial charge in [0.25, 0.3) is 0 Å². The zero-order valence-corrected chi connectivity index (χ0v) is 10.7. The second-order valence-electron chi connectivity index (χ2n) is 4.62. The summed E-state index contributed by atoms with van der Waals surface area (Å²) in [4.78, 5) is 7.29. The van der Waals surface area contributed by atoms with E-state index in [0.29, 0.717) is 29.8 Å². The van der Waals surface area contributed by atoms with Crippen LogP contribution in [0.15, 0.2) is 36.4 Å². The van der Waals surface area contributed by atoms with E-state index in [-0.39, 0.29) is 0 Å². The number of hydrogen-bond donors (Lipinski definition) is 2. The summed E-state index contributed by atoms with van der Waals surface area (Å²) in [5, 5.41) is 0. The molecule has 2 aromatic carbocycles. The molecule has 1 aromatic heterocycles. The maximum absolute atomic E-state index is 13.2. The maximum atomic E-state index is 13.2. The van der Waals surface area contributed by atoms with Crippen LogP contribution in [0, 0.1) is 11.6 Å². The molecule has 0 aliphatic heterocycles. The third kappa shape index (κ3) is 2.28. The highest BCUT2D eigenvalue weighted by Gasteiger charge is 2.10. The van der Waals surface area contributed by atoms with E-state index in [0.717, 1.165) is 23.3 Å². The molecule has 0 amide bonds. The van der Waals surface area contributed by atoms with Gasteiger partial charge in [-0.05, 0) is 11.1 Å². The average molecular weight is 273 g/mol. The van der Waals surface area contributed by atoms with Crippen LogP contribution in [-0.4, -0.2) is 9.97 Å². The minimum absolute atomic E-state index is 0.420. The lowest BCUT2D eigenvalue weighted by Gasteiger charge is -2.05. The Morgan fingerprint density at radius 3 is 2.50 bits per heavy atom. The van der Waals surface area contributed by atoms with Gasteiger partial charge >= 0.3 is 0 Å². The molecule has 0 aliphatic carbocycles.